The van der Waals surface area contributed by atoms with Crippen LogP contribution in [0, 0.1) is 5.82 Å². The molecule has 1 saturated carbocycles. The van der Waals surface area contributed by atoms with Gasteiger partial charge in [-0.15, -0.1) is 0 Å². The van der Waals surface area contributed by atoms with Crippen molar-refractivity contribution in [1.82, 2.24) is 4.90 Å². The van der Waals surface area contributed by atoms with Crippen molar-refractivity contribution in [3.63, 3.8) is 0 Å². The van der Waals surface area contributed by atoms with E-state index >= 15 is 0 Å². The van der Waals surface area contributed by atoms with E-state index in [1.807, 2.05) is 0 Å². The number of anilines is 1. The second-order valence-electron chi connectivity index (χ2n) is 6.94. The van der Waals surface area contributed by atoms with Crippen LogP contribution >= 0.6 is 0 Å². The number of carbonyl (C=O) groups is 3. The molecule has 1 atom stereocenters. The SMILES string of the molecule is COc1ccc(N2C(=O)CC(N(C(=O)c3ccc(F)cc3)C3CC3)C2=O)cc1. The fraction of sp³-hybridized carbons (Fsp3) is 0.286. The standard InChI is InChI=1S/C21H19FN2O4/c1-28-17-10-8-16(9-11-17)24-19(25)12-18(21(24)27)23(15-6-7-15)20(26)13-2-4-14(22)5-3-13/h2-5,8-11,15,18H,6-7,12H2,1H3. The highest BCUT2D eigenvalue weighted by atomic mass is 19.1. The Morgan fingerprint density at radius 1 is 1.07 bits per heavy atom. The third-order valence-electron chi connectivity index (χ3n) is 5.06. The zero-order chi connectivity index (χ0) is 19.8. The van der Waals surface area contributed by atoms with Crippen molar-refractivity contribution >= 4 is 23.4 Å². The maximum atomic E-state index is 13.2. The molecule has 28 heavy (non-hydrogen) atoms. The molecular weight excluding hydrogens is 363 g/mol. The van der Waals surface area contributed by atoms with Gasteiger partial charge in [-0.05, 0) is 61.4 Å². The van der Waals surface area contributed by atoms with Crippen LogP contribution in [-0.2, 0) is 9.59 Å². The molecule has 144 valence electrons. The van der Waals surface area contributed by atoms with Crippen molar-refractivity contribution in [3.8, 4) is 5.75 Å². The first kappa shape index (κ1) is 18.2. The highest BCUT2D eigenvalue weighted by molar-refractivity contribution is 6.23. The fourth-order valence-corrected chi connectivity index (χ4v) is 3.49. The average molecular weight is 382 g/mol. The number of carbonyl (C=O) groups excluding carboxylic acids is 3. The first-order valence-corrected chi connectivity index (χ1v) is 9.08. The zero-order valence-corrected chi connectivity index (χ0v) is 15.3. The number of imide groups is 1. The molecule has 2 aromatic rings. The van der Waals surface area contributed by atoms with Crippen molar-refractivity contribution in [2.75, 3.05) is 12.0 Å². The molecular formula is C21H19FN2O4. The van der Waals surface area contributed by atoms with Crippen LogP contribution in [0.25, 0.3) is 0 Å². The number of methoxy groups -OCH3 is 1. The lowest BCUT2D eigenvalue weighted by Gasteiger charge is -2.27. The molecule has 1 unspecified atom stereocenters. The number of ether oxygens (including phenoxy) is 1. The zero-order valence-electron chi connectivity index (χ0n) is 15.3. The lowest BCUT2D eigenvalue weighted by atomic mass is 10.1. The Balaban J connectivity index is 1.61. The Bertz CT molecular complexity index is 922. The minimum absolute atomic E-state index is 0.0612. The number of amides is 3. The van der Waals surface area contributed by atoms with Crippen LogP contribution in [0.3, 0.4) is 0 Å². The number of nitrogens with zero attached hydrogens (tertiary/aromatic N) is 2. The molecule has 2 aliphatic rings. The van der Waals surface area contributed by atoms with E-state index in [9.17, 15) is 18.8 Å². The van der Waals surface area contributed by atoms with Gasteiger partial charge < -0.3 is 9.64 Å². The predicted molar refractivity (Wildman–Crippen MR) is 99.5 cm³/mol. The highest BCUT2D eigenvalue weighted by Crippen LogP contribution is 2.35. The van der Waals surface area contributed by atoms with Crippen LogP contribution in [0.2, 0.25) is 0 Å². The van der Waals surface area contributed by atoms with Crippen LogP contribution < -0.4 is 9.64 Å². The Morgan fingerprint density at radius 3 is 2.29 bits per heavy atom. The van der Waals surface area contributed by atoms with E-state index in [1.54, 1.807) is 24.3 Å². The normalized spacial score (nSPS) is 19.1. The molecule has 1 aliphatic heterocycles. The number of halogens is 1. The molecule has 7 heteroatoms. The Kier molecular flexibility index (Phi) is 4.58. The molecule has 2 aromatic carbocycles. The van der Waals surface area contributed by atoms with Gasteiger partial charge in [0.25, 0.3) is 11.8 Å². The van der Waals surface area contributed by atoms with E-state index in [1.165, 1.54) is 36.3 Å². The largest absolute Gasteiger partial charge is 0.497 e. The summed E-state index contributed by atoms with van der Waals surface area (Å²) in [5.41, 5.74) is 0.750. The van der Waals surface area contributed by atoms with E-state index in [-0.39, 0.29) is 24.3 Å². The van der Waals surface area contributed by atoms with Crippen molar-refractivity contribution in [1.29, 1.82) is 0 Å². The molecule has 3 amide bonds. The minimum atomic E-state index is -0.848. The van der Waals surface area contributed by atoms with Gasteiger partial charge in [0.2, 0.25) is 5.91 Å². The number of hydrogen-bond acceptors (Lipinski definition) is 4. The summed E-state index contributed by atoms with van der Waals surface area (Å²) >= 11 is 0. The third-order valence-corrected chi connectivity index (χ3v) is 5.06. The monoisotopic (exact) mass is 382 g/mol. The molecule has 1 saturated heterocycles. The van der Waals surface area contributed by atoms with Gasteiger partial charge in [-0.3, -0.25) is 14.4 Å². The fourth-order valence-electron chi connectivity index (χ4n) is 3.49. The smallest absolute Gasteiger partial charge is 0.257 e. The van der Waals surface area contributed by atoms with Crippen LogP contribution in [0.1, 0.15) is 29.6 Å². The first-order chi connectivity index (χ1) is 13.5. The van der Waals surface area contributed by atoms with Crippen LogP contribution in [-0.4, -0.2) is 41.8 Å². The molecule has 0 N–H and O–H groups in total. The quantitative estimate of drug-likeness (QED) is 0.746. The number of hydrogen-bond donors (Lipinski definition) is 0. The molecule has 1 heterocycles. The predicted octanol–water partition coefficient (Wildman–Crippen LogP) is 2.77. The van der Waals surface area contributed by atoms with Gasteiger partial charge in [-0.25, -0.2) is 9.29 Å². The lowest BCUT2D eigenvalue weighted by molar-refractivity contribution is -0.122. The second-order valence-corrected chi connectivity index (χ2v) is 6.94. The molecule has 0 bridgehead atoms. The summed E-state index contributed by atoms with van der Waals surface area (Å²) in [5, 5.41) is 0. The van der Waals surface area contributed by atoms with Gasteiger partial charge in [0.1, 0.15) is 17.6 Å². The summed E-state index contributed by atoms with van der Waals surface area (Å²) in [7, 11) is 1.53. The van der Waals surface area contributed by atoms with Crippen molar-refractivity contribution < 1.29 is 23.5 Å². The molecule has 0 spiro atoms. The minimum Gasteiger partial charge on any atom is -0.497 e. The summed E-state index contributed by atoms with van der Waals surface area (Å²) < 4.78 is 18.3. The maximum Gasteiger partial charge on any atom is 0.257 e. The van der Waals surface area contributed by atoms with E-state index < -0.39 is 17.8 Å². The number of benzene rings is 2. The van der Waals surface area contributed by atoms with E-state index in [0.29, 0.717) is 17.0 Å². The lowest BCUT2D eigenvalue weighted by Crippen LogP contribution is -2.46. The average Bonchev–Trinajstić information content (AvgIpc) is 3.49. The molecule has 6 nitrogen and oxygen atoms in total. The Labute approximate surface area is 161 Å². The summed E-state index contributed by atoms with van der Waals surface area (Å²) in [6.07, 6.45) is 1.51. The van der Waals surface area contributed by atoms with Crippen molar-refractivity contribution in [2.24, 2.45) is 0 Å². The molecule has 0 aromatic heterocycles. The topological polar surface area (TPSA) is 66.9 Å². The summed E-state index contributed by atoms with van der Waals surface area (Å²) in [5.74, 6) is -0.946. The van der Waals surface area contributed by atoms with E-state index in [0.717, 1.165) is 17.7 Å². The maximum absolute atomic E-state index is 13.2. The first-order valence-electron chi connectivity index (χ1n) is 9.08. The molecule has 1 aliphatic carbocycles. The third kappa shape index (κ3) is 3.24. The van der Waals surface area contributed by atoms with Gasteiger partial charge in [-0.2, -0.15) is 0 Å². The van der Waals surface area contributed by atoms with E-state index in [4.69, 9.17) is 4.74 Å². The van der Waals surface area contributed by atoms with Crippen LogP contribution in [0.4, 0.5) is 10.1 Å². The molecule has 4 rings (SSSR count). The van der Waals surface area contributed by atoms with Crippen molar-refractivity contribution in [3.05, 3.63) is 59.9 Å². The van der Waals surface area contributed by atoms with Gasteiger partial charge in [0.05, 0.1) is 19.2 Å². The Hall–Kier alpha value is -3.22. The van der Waals surface area contributed by atoms with Gasteiger partial charge in [0.15, 0.2) is 0 Å². The van der Waals surface area contributed by atoms with E-state index in [2.05, 4.69) is 0 Å². The molecule has 0 radical (unpaired) electrons. The van der Waals surface area contributed by atoms with Crippen LogP contribution in [0.15, 0.2) is 48.5 Å². The van der Waals surface area contributed by atoms with Gasteiger partial charge in [-0.1, -0.05) is 0 Å². The number of rotatable bonds is 5. The summed E-state index contributed by atoms with van der Waals surface area (Å²) in [6, 6.07) is 10.9. The summed E-state index contributed by atoms with van der Waals surface area (Å²) in [4.78, 5) is 41.3. The second kappa shape index (κ2) is 7.07. The van der Waals surface area contributed by atoms with Gasteiger partial charge in [0, 0.05) is 11.6 Å². The van der Waals surface area contributed by atoms with Gasteiger partial charge >= 0.3 is 0 Å². The van der Waals surface area contributed by atoms with Crippen LogP contribution in [0.5, 0.6) is 5.75 Å². The molecule has 2 fully saturated rings. The highest BCUT2D eigenvalue weighted by Gasteiger charge is 2.48. The Morgan fingerprint density at radius 2 is 1.71 bits per heavy atom. The summed E-state index contributed by atoms with van der Waals surface area (Å²) in [6.45, 7) is 0. The van der Waals surface area contributed by atoms with Crippen molar-refractivity contribution in [2.45, 2.75) is 31.3 Å².